The highest BCUT2D eigenvalue weighted by atomic mass is 16.5. The Bertz CT molecular complexity index is 932. The second-order valence-electron chi connectivity index (χ2n) is 5.56. The fourth-order valence-electron chi connectivity index (χ4n) is 2.30. The topological polar surface area (TPSA) is 91.3 Å². The SMILES string of the molecule is C(=Nc1ccc(Oc2ccc(N=Cc3ncc[nH]3)cc2)cc1)c1ncc[nH]1. The lowest BCUT2D eigenvalue weighted by atomic mass is 10.3. The van der Waals surface area contributed by atoms with Crippen molar-refractivity contribution in [3.63, 3.8) is 0 Å². The van der Waals surface area contributed by atoms with E-state index < -0.39 is 0 Å². The lowest BCUT2D eigenvalue weighted by Crippen LogP contribution is -1.84. The van der Waals surface area contributed by atoms with E-state index in [0.29, 0.717) is 11.6 Å². The number of aromatic nitrogens is 4. The normalized spacial score (nSPS) is 11.4. The molecule has 4 aromatic rings. The maximum Gasteiger partial charge on any atom is 0.148 e. The van der Waals surface area contributed by atoms with Crippen LogP contribution in [0.5, 0.6) is 11.5 Å². The molecule has 0 saturated heterocycles. The van der Waals surface area contributed by atoms with Gasteiger partial charge in [0.1, 0.15) is 23.1 Å². The van der Waals surface area contributed by atoms with Gasteiger partial charge in [-0.25, -0.2) is 9.97 Å². The first kappa shape index (κ1) is 16.5. The molecule has 0 spiro atoms. The number of nitrogens with zero attached hydrogens (tertiary/aromatic N) is 4. The fraction of sp³-hybridized carbons (Fsp3) is 0. The molecular formula is C20H16N6O. The van der Waals surface area contributed by atoms with Gasteiger partial charge in [0, 0.05) is 24.8 Å². The van der Waals surface area contributed by atoms with E-state index in [4.69, 9.17) is 4.74 Å². The van der Waals surface area contributed by atoms with Crippen LogP contribution >= 0.6 is 0 Å². The standard InChI is InChI=1S/C20H16N6O/c1-5-17(6-2-15(1)25-13-19-21-9-10-22-19)27-18-7-3-16(4-8-18)26-14-20-23-11-12-24-20/h1-14H,(H,21,22)(H,23,24). The molecule has 7 heteroatoms. The summed E-state index contributed by atoms with van der Waals surface area (Å²) in [6.45, 7) is 0. The number of aromatic amines is 2. The van der Waals surface area contributed by atoms with Crippen molar-refractivity contribution >= 4 is 23.8 Å². The summed E-state index contributed by atoms with van der Waals surface area (Å²) in [6, 6.07) is 15.0. The van der Waals surface area contributed by atoms with E-state index in [-0.39, 0.29) is 0 Å². The second kappa shape index (κ2) is 7.92. The Kier molecular flexibility index (Phi) is 4.83. The van der Waals surface area contributed by atoms with Crippen LogP contribution in [0.4, 0.5) is 11.4 Å². The van der Waals surface area contributed by atoms with Gasteiger partial charge in [0.25, 0.3) is 0 Å². The maximum atomic E-state index is 5.85. The molecule has 27 heavy (non-hydrogen) atoms. The molecule has 2 aromatic carbocycles. The molecule has 2 aromatic heterocycles. The average Bonchev–Trinajstić information content (AvgIpc) is 3.41. The van der Waals surface area contributed by atoms with Gasteiger partial charge in [-0.1, -0.05) is 0 Å². The molecule has 0 aliphatic rings. The summed E-state index contributed by atoms with van der Waals surface area (Å²) >= 11 is 0. The monoisotopic (exact) mass is 356 g/mol. The van der Waals surface area contributed by atoms with Crippen LogP contribution < -0.4 is 4.74 Å². The van der Waals surface area contributed by atoms with Crippen molar-refractivity contribution in [1.82, 2.24) is 19.9 Å². The average molecular weight is 356 g/mol. The van der Waals surface area contributed by atoms with Crippen molar-refractivity contribution < 1.29 is 4.74 Å². The van der Waals surface area contributed by atoms with Gasteiger partial charge in [-0.15, -0.1) is 0 Å². The Morgan fingerprint density at radius 2 is 1.11 bits per heavy atom. The van der Waals surface area contributed by atoms with Crippen LogP contribution in [0.25, 0.3) is 0 Å². The number of rotatable bonds is 6. The summed E-state index contributed by atoms with van der Waals surface area (Å²) in [6.07, 6.45) is 10.2. The molecule has 4 rings (SSSR count). The van der Waals surface area contributed by atoms with E-state index in [1.54, 1.807) is 37.2 Å². The van der Waals surface area contributed by atoms with Crippen molar-refractivity contribution in [1.29, 1.82) is 0 Å². The number of ether oxygens (including phenoxy) is 1. The number of H-pyrrole nitrogens is 2. The predicted octanol–water partition coefficient (Wildman–Crippen LogP) is 4.43. The zero-order valence-corrected chi connectivity index (χ0v) is 14.3. The minimum Gasteiger partial charge on any atom is -0.457 e. The largest absolute Gasteiger partial charge is 0.457 e. The summed E-state index contributed by atoms with van der Waals surface area (Å²) in [5.74, 6) is 2.90. The van der Waals surface area contributed by atoms with Crippen molar-refractivity contribution in [2.24, 2.45) is 9.98 Å². The number of nitrogens with one attached hydrogen (secondary N) is 2. The highest BCUT2D eigenvalue weighted by Gasteiger charge is 1.99. The van der Waals surface area contributed by atoms with E-state index in [9.17, 15) is 0 Å². The number of benzene rings is 2. The fourth-order valence-corrected chi connectivity index (χ4v) is 2.30. The highest BCUT2D eigenvalue weighted by Crippen LogP contribution is 2.25. The van der Waals surface area contributed by atoms with Gasteiger partial charge in [0.15, 0.2) is 0 Å². The molecule has 0 saturated carbocycles. The molecule has 0 atom stereocenters. The van der Waals surface area contributed by atoms with Gasteiger partial charge >= 0.3 is 0 Å². The van der Waals surface area contributed by atoms with Crippen LogP contribution in [-0.2, 0) is 0 Å². The molecule has 0 fully saturated rings. The highest BCUT2D eigenvalue weighted by molar-refractivity contribution is 5.77. The van der Waals surface area contributed by atoms with Crippen molar-refractivity contribution in [2.75, 3.05) is 0 Å². The first-order valence-electron chi connectivity index (χ1n) is 8.30. The molecule has 132 valence electrons. The molecule has 0 bridgehead atoms. The number of hydrogen-bond acceptors (Lipinski definition) is 5. The first-order chi connectivity index (χ1) is 13.3. The van der Waals surface area contributed by atoms with Crippen LogP contribution in [0.3, 0.4) is 0 Å². The van der Waals surface area contributed by atoms with Gasteiger partial charge in [-0.2, -0.15) is 0 Å². The van der Waals surface area contributed by atoms with E-state index in [2.05, 4.69) is 29.9 Å². The minimum atomic E-state index is 0.713. The smallest absolute Gasteiger partial charge is 0.148 e. The zero-order valence-electron chi connectivity index (χ0n) is 14.3. The molecule has 2 N–H and O–H groups in total. The number of aliphatic imine (C=N–C) groups is 2. The Labute approximate surface area is 155 Å². The third kappa shape index (κ3) is 4.55. The van der Waals surface area contributed by atoms with E-state index in [1.807, 2.05) is 48.5 Å². The van der Waals surface area contributed by atoms with E-state index in [0.717, 1.165) is 22.9 Å². The molecule has 0 unspecified atom stereocenters. The molecule has 2 heterocycles. The van der Waals surface area contributed by atoms with Gasteiger partial charge in [0.05, 0.1) is 23.8 Å². The lowest BCUT2D eigenvalue weighted by Gasteiger charge is -2.06. The number of hydrogen-bond donors (Lipinski definition) is 2. The molecule has 0 aliphatic carbocycles. The quantitative estimate of drug-likeness (QED) is 0.501. The summed E-state index contributed by atoms with van der Waals surface area (Å²) in [7, 11) is 0. The van der Waals surface area contributed by atoms with Crippen LogP contribution in [-0.4, -0.2) is 32.4 Å². The second-order valence-corrected chi connectivity index (χ2v) is 5.56. The van der Waals surface area contributed by atoms with Gasteiger partial charge in [0.2, 0.25) is 0 Å². The van der Waals surface area contributed by atoms with Crippen LogP contribution in [0.2, 0.25) is 0 Å². The predicted molar refractivity (Wildman–Crippen MR) is 105 cm³/mol. The maximum absolute atomic E-state index is 5.85. The van der Waals surface area contributed by atoms with Crippen LogP contribution in [0.1, 0.15) is 11.6 Å². The Morgan fingerprint density at radius 3 is 1.48 bits per heavy atom. The zero-order chi connectivity index (χ0) is 18.3. The third-order valence-corrected chi connectivity index (χ3v) is 3.62. The van der Waals surface area contributed by atoms with E-state index in [1.165, 1.54) is 0 Å². The summed E-state index contributed by atoms with van der Waals surface area (Å²) in [4.78, 5) is 22.8. The molecular weight excluding hydrogens is 340 g/mol. The molecule has 0 amide bonds. The summed E-state index contributed by atoms with van der Waals surface area (Å²) in [5, 5.41) is 0. The number of imidazole rings is 2. The minimum absolute atomic E-state index is 0.713. The van der Waals surface area contributed by atoms with Gasteiger partial charge in [-0.05, 0) is 48.5 Å². The van der Waals surface area contributed by atoms with Crippen molar-refractivity contribution in [3.8, 4) is 11.5 Å². The van der Waals surface area contributed by atoms with Crippen molar-refractivity contribution in [3.05, 3.63) is 85.0 Å². The summed E-state index contributed by atoms with van der Waals surface area (Å²) < 4.78 is 5.85. The van der Waals surface area contributed by atoms with Gasteiger partial charge < -0.3 is 14.7 Å². The van der Waals surface area contributed by atoms with Crippen LogP contribution in [0.15, 0.2) is 83.3 Å². The van der Waals surface area contributed by atoms with Crippen molar-refractivity contribution in [2.45, 2.75) is 0 Å². The molecule has 0 aliphatic heterocycles. The third-order valence-electron chi connectivity index (χ3n) is 3.62. The Hall–Kier alpha value is -4.00. The molecule has 0 radical (unpaired) electrons. The van der Waals surface area contributed by atoms with Gasteiger partial charge in [-0.3, -0.25) is 9.98 Å². The van der Waals surface area contributed by atoms with Crippen LogP contribution in [0, 0.1) is 0 Å². The lowest BCUT2D eigenvalue weighted by molar-refractivity contribution is 0.483. The van der Waals surface area contributed by atoms with E-state index >= 15 is 0 Å². The summed E-state index contributed by atoms with van der Waals surface area (Å²) in [5.41, 5.74) is 1.64. The Morgan fingerprint density at radius 1 is 0.667 bits per heavy atom. The Balaban J connectivity index is 1.37. The molecule has 7 nitrogen and oxygen atoms in total. The first-order valence-corrected chi connectivity index (χ1v) is 8.30.